The standard InChI is InChI=1S/C17H21N5O5/c1-6-10-14(16(23)27-5)15(22-17(18-10)19-20-21-22)9-7-12(25-3)13(26-4)8-11(9)24-2/h7-8,15H,6H2,1-5H3,(H,18,19,21). The topological polar surface area (TPSA) is 110 Å². The quantitative estimate of drug-likeness (QED) is 0.752. The number of fused-ring (bicyclic) bond motifs is 1. The number of rotatable bonds is 6. The van der Waals surface area contributed by atoms with E-state index in [1.165, 1.54) is 33.1 Å². The van der Waals surface area contributed by atoms with E-state index in [9.17, 15) is 4.79 Å². The van der Waals surface area contributed by atoms with Crippen molar-refractivity contribution in [2.45, 2.75) is 19.4 Å². The van der Waals surface area contributed by atoms with Crippen molar-refractivity contribution in [3.05, 3.63) is 29.0 Å². The van der Waals surface area contributed by atoms with Crippen LogP contribution in [-0.2, 0) is 9.53 Å². The lowest BCUT2D eigenvalue weighted by molar-refractivity contribution is -0.136. The van der Waals surface area contributed by atoms with Crippen LogP contribution in [0.5, 0.6) is 17.2 Å². The van der Waals surface area contributed by atoms with Crippen LogP contribution in [0.4, 0.5) is 5.95 Å². The number of carbonyl (C=O) groups excluding carboxylic acids is 1. The van der Waals surface area contributed by atoms with Crippen LogP contribution in [0.25, 0.3) is 0 Å². The van der Waals surface area contributed by atoms with Crippen LogP contribution in [0.3, 0.4) is 0 Å². The van der Waals surface area contributed by atoms with E-state index in [0.29, 0.717) is 46.5 Å². The summed E-state index contributed by atoms with van der Waals surface area (Å²) >= 11 is 0. The molecule has 10 nitrogen and oxygen atoms in total. The molecule has 2 heterocycles. The van der Waals surface area contributed by atoms with E-state index in [1.807, 2.05) is 6.92 Å². The first-order valence-corrected chi connectivity index (χ1v) is 8.25. The normalized spacial score (nSPS) is 15.7. The second-order valence-corrected chi connectivity index (χ2v) is 5.66. The Kier molecular flexibility index (Phi) is 5.15. The maximum absolute atomic E-state index is 12.6. The van der Waals surface area contributed by atoms with Crippen molar-refractivity contribution in [2.75, 3.05) is 33.8 Å². The molecule has 1 aromatic carbocycles. The molecular weight excluding hydrogens is 354 g/mol. The van der Waals surface area contributed by atoms with Crippen molar-refractivity contribution in [1.29, 1.82) is 0 Å². The number of carbonyl (C=O) groups is 1. The largest absolute Gasteiger partial charge is 0.496 e. The fraction of sp³-hybridized carbons (Fsp3) is 0.412. The molecule has 1 aliphatic heterocycles. The minimum Gasteiger partial charge on any atom is -0.496 e. The van der Waals surface area contributed by atoms with Crippen LogP contribution in [-0.4, -0.2) is 54.6 Å². The van der Waals surface area contributed by atoms with Crippen molar-refractivity contribution in [1.82, 2.24) is 20.2 Å². The number of tetrazole rings is 1. The van der Waals surface area contributed by atoms with Gasteiger partial charge in [0.2, 0.25) is 5.95 Å². The summed E-state index contributed by atoms with van der Waals surface area (Å²) in [5, 5.41) is 14.9. The van der Waals surface area contributed by atoms with Crippen molar-refractivity contribution in [3.8, 4) is 17.2 Å². The lowest BCUT2D eigenvalue weighted by atomic mass is 9.93. The number of methoxy groups -OCH3 is 4. The van der Waals surface area contributed by atoms with Crippen LogP contribution >= 0.6 is 0 Å². The predicted molar refractivity (Wildman–Crippen MR) is 95.0 cm³/mol. The summed E-state index contributed by atoms with van der Waals surface area (Å²) < 4.78 is 22.9. The maximum atomic E-state index is 12.6. The van der Waals surface area contributed by atoms with E-state index in [1.54, 1.807) is 12.1 Å². The molecular formula is C17H21N5O5. The average molecular weight is 375 g/mol. The fourth-order valence-electron chi connectivity index (χ4n) is 3.12. The molecule has 10 heteroatoms. The van der Waals surface area contributed by atoms with Gasteiger partial charge in [0.05, 0.1) is 34.0 Å². The van der Waals surface area contributed by atoms with Crippen LogP contribution in [0.1, 0.15) is 24.9 Å². The highest BCUT2D eigenvalue weighted by Crippen LogP contribution is 2.44. The van der Waals surface area contributed by atoms with Gasteiger partial charge in [-0.2, -0.15) is 4.68 Å². The first-order valence-electron chi connectivity index (χ1n) is 8.25. The maximum Gasteiger partial charge on any atom is 0.338 e. The Hall–Kier alpha value is -3.30. The number of anilines is 1. The molecule has 0 saturated carbocycles. The molecule has 0 amide bonds. The van der Waals surface area contributed by atoms with Gasteiger partial charge in [-0.05, 0) is 22.9 Å². The van der Waals surface area contributed by atoms with Gasteiger partial charge in [-0.15, -0.1) is 0 Å². The smallest absolute Gasteiger partial charge is 0.338 e. The van der Waals surface area contributed by atoms with Crippen molar-refractivity contribution in [3.63, 3.8) is 0 Å². The molecule has 1 aromatic heterocycles. The van der Waals surface area contributed by atoms with Crippen LogP contribution in [0, 0.1) is 0 Å². The molecule has 1 aliphatic rings. The Labute approximate surface area is 156 Å². The first kappa shape index (κ1) is 18.5. The molecule has 1 unspecified atom stereocenters. The number of aromatic nitrogens is 4. The summed E-state index contributed by atoms with van der Waals surface area (Å²) in [7, 11) is 5.94. The van der Waals surface area contributed by atoms with Crippen LogP contribution in [0.2, 0.25) is 0 Å². The summed E-state index contributed by atoms with van der Waals surface area (Å²) in [5.41, 5.74) is 1.70. The Bertz CT molecular complexity index is 892. The number of ether oxygens (including phenoxy) is 4. The SMILES string of the molecule is CCC1=C(C(=O)OC)C(c2cc(OC)c(OC)cc2OC)n2nnnc2N1. The zero-order valence-electron chi connectivity index (χ0n) is 15.8. The molecule has 1 N–H and O–H groups in total. The van der Waals surface area contributed by atoms with E-state index >= 15 is 0 Å². The number of nitrogens with one attached hydrogen (secondary N) is 1. The van der Waals surface area contributed by atoms with Crippen LogP contribution in [0.15, 0.2) is 23.4 Å². The lowest BCUT2D eigenvalue weighted by Crippen LogP contribution is -2.30. The molecule has 0 saturated heterocycles. The Morgan fingerprint density at radius 1 is 1.11 bits per heavy atom. The number of allylic oxidation sites excluding steroid dienone is 1. The third-order valence-electron chi connectivity index (χ3n) is 4.39. The third kappa shape index (κ3) is 3.03. The van der Waals surface area contributed by atoms with Gasteiger partial charge in [-0.3, -0.25) is 0 Å². The van der Waals surface area contributed by atoms with Crippen molar-refractivity contribution in [2.24, 2.45) is 0 Å². The van der Waals surface area contributed by atoms with Crippen molar-refractivity contribution >= 4 is 11.9 Å². The Morgan fingerprint density at radius 3 is 2.37 bits per heavy atom. The third-order valence-corrected chi connectivity index (χ3v) is 4.39. The van der Waals surface area contributed by atoms with E-state index in [4.69, 9.17) is 18.9 Å². The van der Waals surface area contributed by atoms with E-state index < -0.39 is 12.0 Å². The number of benzene rings is 1. The summed E-state index contributed by atoms with van der Waals surface area (Å²) in [6.07, 6.45) is 0.559. The second-order valence-electron chi connectivity index (χ2n) is 5.66. The number of hydrogen-bond acceptors (Lipinski definition) is 9. The summed E-state index contributed by atoms with van der Waals surface area (Å²) in [6, 6.07) is 2.78. The van der Waals surface area contributed by atoms with Crippen molar-refractivity contribution < 1.29 is 23.7 Å². The van der Waals surface area contributed by atoms with Gasteiger partial charge in [0.1, 0.15) is 11.8 Å². The van der Waals surface area contributed by atoms with Gasteiger partial charge >= 0.3 is 5.97 Å². The van der Waals surface area contributed by atoms with Crippen LogP contribution < -0.4 is 19.5 Å². The average Bonchev–Trinajstić information content (AvgIpc) is 3.18. The zero-order valence-corrected chi connectivity index (χ0v) is 15.8. The summed E-state index contributed by atoms with van der Waals surface area (Å²) in [4.78, 5) is 12.6. The van der Waals surface area contributed by atoms with Gasteiger partial charge in [0.25, 0.3) is 0 Å². The highest BCUT2D eigenvalue weighted by atomic mass is 16.5. The molecule has 0 fully saturated rings. The minimum absolute atomic E-state index is 0.394. The summed E-state index contributed by atoms with van der Waals surface area (Å²) in [6.45, 7) is 1.92. The molecule has 0 radical (unpaired) electrons. The lowest BCUT2D eigenvalue weighted by Gasteiger charge is -2.29. The fourth-order valence-corrected chi connectivity index (χ4v) is 3.12. The molecule has 27 heavy (non-hydrogen) atoms. The van der Waals surface area contributed by atoms with E-state index in [0.717, 1.165) is 0 Å². The number of nitrogens with zero attached hydrogens (tertiary/aromatic N) is 4. The highest BCUT2D eigenvalue weighted by Gasteiger charge is 2.37. The van der Waals surface area contributed by atoms with Gasteiger partial charge in [0, 0.05) is 17.3 Å². The molecule has 0 spiro atoms. The number of hydrogen-bond donors (Lipinski definition) is 1. The highest BCUT2D eigenvalue weighted by molar-refractivity contribution is 5.92. The second kappa shape index (κ2) is 7.52. The first-order chi connectivity index (χ1) is 13.1. The molecule has 0 aliphatic carbocycles. The Balaban J connectivity index is 2.30. The predicted octanol–water partition coefficient (Wildman–Crippen LogP) is 1.55. The molecule has 1 atom stereocenters. The van der Waals surface area contributed by atoms with E-state index in [-0.39, 0.29) is 0 Å². The van der Waals surface area contributed by atoms with Gasteiger partial charge in [-0.25, -0.2) is 4.79 Å². The molecule has 144 valence electrons. The minimum atomic E-state index is -0.659. The zero-order chi connectivity index (χ0) is 19.6. The molecule has 2 aromatic rings. The number of esters is 1. The van der Waals surface area contributed by atoms with Gasteiger partial charge in [0.15, 0.2) is 11.5 Å². The molecule has 0 bridgehead atoms. The monoisotopic (exact) mass is 375 g/mol. The molecule has 3 rings (SSSR count). The van der Waals surface area contributed by atoms with Gasteiger partial charge in [-0.1, -0.05) is 12.0 Å². The van der Waals surface area contributed by atoms with Gasteiger partial charge < -0.3 is 24.3 Å². The Morgan fingerprint density at radius 2 is 1.78 bits per heavy atom. The van der Waals surface area contributed by atoms with E-state index in [2.05, 4.69) is 20.8 Å². The summed E-state index contributed by atoms with van der Waals surface area (Å²) in [5.74, 6) is 1.42.